The largest absolute Gasteiger partial charge is 0.368 e. The summed E-state index contributed by atoms with van der Waals surface area (Å²) in [5.74, 6) is 0.410. The van der Waals surface area contributed by atoms with Gasteiger partial charge in [0.25, 0.3) is 0 Å². The van der Waals surface area contributed by atoms with Crippen LogP contribution in [0.1, 0.15) is 0 Å². The van der Waals surface area contributed by atoms with Crippen molar-refractivity contribution in [3.8, 4) is 0 Å². The van der Waals surface area contributed by atoms with Crippen molar-refractivity contribution in [3.05, 3.63) is 18.7 Å². The molecule has 0 fully saturated rings. The highest BCUT2D eigenvalue weighted by atomic mass is 15.5. The van der Waals surface area contributed by atoms with Crippen LogP contribution in [-0.4, -0.2) is 34.6 Å². The highest BCUT2D eigenvalue weighted by Crippen LogP contribution is 1.84. The maximum Gasteiger partial charge on any atom is 0.223 e. The quantitative estimate of drug-likeness (QED) is 0.337. The van der Waals surface area contributed by atoms with Crippen LogP contribution < -0.4 is 5.73 Å². The second kappa shape index (κ2) is 3.05. The van der Waals surface area contributed by atoms with Gasteiger partial charge in [0.2, 0.25) is 5.96 Å². The van der Waals surface area contributed by atoms with Crippen LogP contribution >= 0.6 is 0 Å². The fraction of sp³-hybridized carbons (Fsp3) is 0.333. The Labute approximate surface area is 65.1 Å². The summed E-state index contributed by atoms with van der Waals surface area (Å²) in [6.45, 7) is 0. The summed E-state index contributed by atoms with van der Waals surface area (Å²) in [5.41, 5.74) is 5.57. The Morgan fingerprint density at radius 2 is 2.36 bits per heavy atom. The molecule has 0 saturated heterocycles. The van der Waals surface area contributed by atoms with Crippen LogP contribution in [-0.2, 0) is 0 Å². The van der Waals surface area contributed by atoms with E-state index in [1.165, 1.54) is 0 Å². The molecule has 0 bridgehead atoms. The topological polar surface area (TPSA) is 59.4 Å². The lowest BCUT2D eigenvalue weighted by Gasteiger charge is -2.06. The molecule has 1 aromatic heterocycles. The Morgan fingerprint density at radius 1 is 1.64 bits per heavy atom. The summed E-state index contributed by atoms with van der Waals surface area (Å²) in [7, 11) is 3.62. The maximum absolute atomic E-state index is 5.57. The van der Waals surface area contributed by atoms with Crippen molar-refractivity contribution in [3.63, 3.8) is 0 Å². The van der Waals surface area contributed by atoms with Crippen LogP contribution in [0.4, 0.5) is 0 Å². The van der Waals surface area contributed by atoms with Gasteiger partial charge in [-0.1, -0.05) is 0 Å². The van der Waals surface area contributed by atoms with Crippen LogP contribution in [0.25, 0.3) is 0 Å². The van der Waals surface area contributed by atoms with E-state index in [4.69, 9.17) is 5.73 Å². The van der Waals surface area contributed by atoms with E-state index in [0.717, 1.165) is 0 Å². The van der Waals surface area contributed by atoms with Gasteiger partial charge in [-0.15, -0.1) is 5.10 Å². The monoisotopic (exact) mass is 153 g/mol. The van der Waals surface area contributed by atoms with Gasteiger partial charge in [-0.2, -0.15) is 0 Å². The first-order valence-electron chi connectivity index (χ1n) is 3.20. The van der Waals surface area contributed by atoms with E-state index in [9.17, 15) is 0 Å². The number of aromatic nitrogens is 2. The average molecular weight is 153 g/mol. The lowest BCUT2D eigenvalue weighted by molar-refractivity contribution is 0.434. The molecule has 11 heavy (non-hydrogen) atoms. The molecule has 1 aromatic rings. The number of hydrogen-bond acceptors (Lipinski definition) is 3. The summed E-state index contributed by atoms with van der Waals surface area (Å²) >= 11 is 0. The molecule has 2 N–H and O–H groups in total. The SMILES string of the molecule is CN(C)/N=C(\N)n1ccnc1. The average Bonchev–Trinajstić information content (AvgIpc) is 2.35. The smallest absolute Gasteiger partial charge is 0.223 e. The standard InChI is InChI=1S/C6H11N5/c1-10(2)9-6(7)11-4-3-8-5-11/h3-5H,1-2H3,(H2,7,9). The minimum atomic E-state index is 0.410. The van der Waals surface area contributed by atoms with Crippen molar-refractivity contribution >= 4 is 5.96 Å². The zero-order chi connectivity index (χ0) is 8.27. The van der Waals surface area contributed by atoms with Crippen molar-refractivity contribution in [2.24, 2.45) is 10.8 Å². The molecule has 60 valence electrons. The molecular formula is C6H11N5. The molecule has 0 aliphatic rings. The summed E-state index contributed by atoms with van der Waals surface area (Å²) in [6, 6.07) is 0. The Kier molecular flexibility index (Phi) is 2.10. The van der Waals surface area contributed by atoms with Crippen molar-refractivity contribution in [2.75, 3.05) is 14.1 Å². The number of nitrogens with two attached hydrogens (primary N) is 1. The van der Waals surface area contributed by atoms with Gasteiger partial charge in [0.1, 0.15) is 6.33 Å². The molecule has 0 spiro atoms. The van der Waals surface area contributed by atoms with Crippen LogP contribution in [0.15, 0.2) is 23.8 Å². The molecule has 5 nitrogen and oxygen atoms in total. The van der Waals surface area contributed by atoms with Crippen molar-refractivity contribution in [1.29, 1.82) is 0 Å². The molecule has 1 rings (SSSR count). The highest BCUT2D eigenvalue weighted by Gasteiger charge is 1.93. The molecule has 0 saturated carbocycles. The first kappa shape index (κ1) is 7.59. The highest BCUT2D eigenvalue weighted by molar-refractivity contribution is 5.79. The molecule has 1 heterocycles. The second-order valence-corrected chi connectivity index (χ2v) is 2.28. The van der Waals surface area contributed by atoms with Gasteiger partial charge < -0.3 is 5.73 Å². The van der Waals surface area contributed by atoms with E-state index in [2.05, 4.69) is 10.1 Å². The number of hydrogen-bond donors (Lipinski definition) is 1. The molecule has 0 aliphatic carbocycles. The van der Waals surface area contributed by atoms with Gasteiger partial charge in [-0.25, -0.2) is 4.98 Å². The molecule has 5 heteroatoms. The van der Waals surface area contributed by atoms with Crippen molar-refractivity contribution in [2.45, 2.75) is 0 Å². The van der Waals surface area contributed by atoms with Gasteiger partial charge >= 0.3 is 0 Å². The Balaban J connectivity index is 2.77. The fourth-order valence-corrected chi connectivity index (χ4v) is 0.651. The Hall–Kier alpha value is -1.52. The molecule has 0 unspecified atom stereocenters. The third-order valence-corrected chi connectivity index (χ3v) is 1.07. The summed E-state index contributed by atoms with van der Waals surface area (Å²) in [6.07, 6.45) is 4.99. The third-order valence-electron chi connectivity index (χ3n) is 1.07. The van der Waals surface area contributed by atoms with E-state index in [1.807, 2.05) is 14.1 Å². The molecule has 0 amide bonds. The van der Waals surface area contributed by atoms with Gasteiger partial charge in [-0.05, 0) is 0 Å². The minimum absolute atomic E-state index is 0.410. The molecule has 0 atom stereocenters. The first-order chi connectivity index (χ1) is 5.20. The summed E-state index contributed by atoms with van der Waals surface area (Å²) in [4.78, 5) is 3.83. The molecular weight excluding hydrogens is 142 g/mol. The van der Waals surface area contributed by atoms with Gasteiger partial charge in [0, 0.05) is 26.5 Å². The fourth-order valence-electron chi connectivity index (χ4n) is 0.651. The first-order valence-corrected chi connectivity index (χ1v) is 3.20. The van der Waals surface area contributed by atoms with Crippen LogP contribution in [0.2, 0.25) is 0 Å². The number of nitrogens with zero attached hydrogens (tertiary/aromatic N) is 4. The predicted octanol–water partition coefficient (Wildman–Crippen LogP) is -0.477. The van der Waals surface area contributed by atoms with Crippen LogP contribution in [0.3, 0.4) is 0 Å². The number of rotatable bonds is 1. The van der Waals surface area contributed by atoms with Crippen molar-refractivity contribution in [1.82, 2.24) is 14.6 Å². The second-order valence-electron chi connectivity index (χ2n) is 2.28. The molecule has 0 aromatic carbocycles. The number of imidazole rings is 1. The van der Waals surface area contributed by atoms with E-state index in [-0.39, 0.29) is 0 Å². The Bertz CT molecular complexity index is 235. The van der Waals surface area contributed by atoms with Gasteiger partial charge in [-0.3, -0.25) is 9.58 Å². The molecule has 0 radical (unpaired) electrons. The van der Waals surface area contributed by atoms with E-state index in [0.29, 0.717) is 5.96 Å². The lowest BCUT2D eigenvalue weighted by Crippen LogP contribution is -2.24. The van der Waals surface area contributed by atoms with E-state index < -0.39 is 0 Å². The summed E-state index contributed by atoms with van der Waals surface area (Å²) < 4.78 is 1.64. The van der Waals surface area contributed by atoms with Gasteiger partial charge in [0.05, 0.1) is 0 Å². The van der Waals surface area contributed by atoms with Crippen LogP contribution in [0, 0.1) is 0 Å². The maximum atomic E-state index is 5.57. The predicted molar refractivity (Wildman–Crippen MR) is 42.9 cm³/mol. The minimum Gasteiger partial charge on any atom is -0.368 e. The van der Waals surface area contributed by atoms with Crippen LogP contribution in [0.5, 0.6) is 0 Å². The lowest BCUT2D eigenvalue weighted by atomic mass is 10.8. The third kappa shape index (κ3) is 1.96. The van der Waals surface area contributed by atoms with E-state index in [1.54, 1.807) is 28.3 Å². The zero-order valence-corrected chi connectivity index (χ0v) is 6.60. The molecule has 0 aliphatic heterocycles. The Morgan fingerprint density at radius 3 is 2.82 bits per heavy atom. The normalized spacial score (nSPS) is 11.6. The van der Waals surface area contributed by atoms with Crippen molar-refractivity contribution < 1.29 is 0 Å². The summed E-state index contributed by atoms with van der Waals surface area (Å²) in [5, 5.41) is 5.60. The zero-order valence-electron chi connectivity index (χ0n) is 6.60. The van der Waals surface area contributed by atoms with E-state index >= 15 is 0 Å². The number of hydrazone groups is 1. The van der Waals surface area contributed by atoms with Gasteiger partial charge in [0.15, 0.2) is 0 Å².